The molecule has 1 rings (SSSR count). The molecule has 0 saturated heterocycles. The van der Waals surface area contributed by atoms with Gasteiger partial charge in [-0.3, -0.25) is 0 Å². The zero-order valence-electron chi connectivity index (χ0n) is 11.9. The fraction of sp³-hybridized carbons (Fsp3) is 0.571. The van der Waals surface area contributed by atoms with E-state index in [-0.39, 0.29) is 23.1 Å². The van der Waals surface area contributed by atoms with Gasteiger partial charge < -0.3 is 5.32 Å². The van der Waals surface area contributed by atoms with E-state index in [1.54, 1.807) is 0 Å². The fourth-order valence-electron chi connectivity index (χ4n) is 1.43. The van der Waals surface area contributed by atoms with Crippen LogP contribution in [0.3, 0.4) is 0 Å². The molecule has 6 heteroatoms. The van der Waals surface area contributed by atoms with Crippen LogP contribution in [0.2, 0.25) is 0 Å². The molecule has 114 valence electrons. The largest absolute Gasteiger partial charge is 0.441 e. The zero-order chi connectivity index (χ0) is 15.2. The van der Waals surface area contributed by atoms with Gasteiger partial charge in [-0.1, -0.05) is 23.9 Å². The second-order valence-electron chi connectivity index (χ2n) is 5.39. The molecule has 0 amide bonds. The van der Waals surface area contributed by atoms with E-state index in [1.807, 2.05) is 24.3 Å². The Balaban J connectivity index is 2.40. The lowest BCUT2D eigenvalue weighted by molar-refractivity contribution is -0.0326. The molecule has 0 aliphatic heterocycles. The summed E-state index contributed by atoms with van der Waals surface area (Å²) in [4.78, 5) is 1.01. The zero-order valence-corrected chi connectivity index (χ0v) is 13.5. The molecule has 0 fully saturated rings. The minimum Gasteiger partial charge on any atom is -0.308 e. The molecule has 0 aromatic heterocycles. The molecule has 0 bridgehead atoms. The van der Waals surface area contributed by atoms with Gasteiger partial charge >= 0.3 is 5.51 Å². The lowest BCUT2D eigenvalue weighted by atomic mass is 10.1. The summed E-state index contributed by atoms with van der Waals surface area (Å²) in [5.74, 6) is 0.541. The molecule has 1 aromatic rings. The number of hydrogen-bond acceptors (Lipinski definition) is 3. The van der Waals surface area contributed by atoms with Crippen LogP contribution < -0.4 is 5.32 Å². The summed E-state index contributed by atoms with van der Waals surface area (Å²) in [7, 11) is 0. The van der Waals surface area contributed by atoms with Crippen LogP contribution in [0.4, 0.5) is 13.2 Å². The Morgan fingerprint density at radius 1 is 1.10 bits per heavy atom. The van der Waals surface area contributed by atoms with Gasteiger partial charge in [0.05, 0.1) is 0 Å². The van der Waals surface area contributed by atoms with E-state index in [9.17, 15) is 13.2 Å². The van der Waals surface area contributed by atoms with Crippen LogP contribution in [-0.2, 0) is 6.54 Å². The minimum atomic E-state index is -4.13. The summed E-state index contributed by atoms with van der Waals surface area (Å²) in [6, 6.07) is 7.93. The van der Waals surface area contributed by atoms with Crippen molar-refractivity contribution in [1.29, 1.82) is 0 Å². The van der Waals surface area contributed by atoms with Gasteiger partial charge in [0.2, 0.25) is 0 Å². The van der Waals surface area contributed by atoms with Crippen molar-refractivity contribution < 1.29 is 13.2 Å². The lowest BCUT2D eigenvalue weighted by Gasteiger charge is -2.20. The average molecular weight is 323 g/mol. The number of alkyl halides is 3. The van der Waals surface area contributed by atoms with Crippen molar-refractivity contribution >= 4 is 23.5 Å². The Bertz CT molecular complexity index is 414. The second kappa shape index (κ2) is 7.61. The van der Waals surface area contributed by atoms with E-state index in [0.717, 1.165) is 17.0 Å². The molecule has 0 unspecified atom stereocenters. The van der Waals surface area contributed by atoms with Gasteiger partial charge in [0, 0.05) is 28.5 Å². The van der Waals surface area contributed by atoms with E-state index in [4.69, 9.17) is 0 Å². The van der Waals surface area contributed by atoms with Crippen LogP contribution in [0.25, 0.3) is 0 Å². The molecule has 1 aromatic carbocycles. The Morgan fingerprint density at radius 3 is 2.40 bits per heavy atom. The van der Waals surface area contributed by atoms with Crippen molar-refractivity contribution in [3.05, 3.63) is 29.8 Å². The van der Waals surface area contributed by atoms with Crippen molar-refractivity contribution in [2.45, 2.75) is 43.3 Å². The van der Waals surface area contributed by atoms with Gasteiger partial charge in [0.25, 0.3) is 0 Å². The number of halogens is 3. The number of benzene rings is 1. The van der Waals surface area contributed by atoms with Crippen molar-refractivity contribution in [2.24, 2.45) is 0 Å². The van der Waals surface area contributed by atoms with Crippen LogP contribution in [0.1, 0.15) is 26.3 Å². The smallest absolute Gasteiger partial charge is 0.308 e. The summed E-state index contributed by atoms with van der Waals surface area (Å²) in [5, 5.41) is 3.39. The van der Waals surface area contributed by atoms with E-state index in [2.05, 4.69) is 26.1 Å². The van der Waals surface area contributed by atoms with Crippen LogP contribution in [0.15, 0.2) is 29.2 Å². The maximum absolute atomic E-state index is 12.0. The van der Waals surface area contributed by atoms with Gasteiger partial charge in [-0.25, -0.2) is 0 Å². The summed E-state index contributed by atoms with van der Waals surface area (Å²) in [6.45, 7) is 7.05. The standard InChI is InChI=1S/C14H20F3NS2/c1-13(2,3)18-10-11-5-4-6-12(9-11)19-7-8-20-14(15,16)17/h4-6,9,18H,7-8,10H2,1-3H3. The number of thioether (sulfide) groups is 2. The van der Waals surface area contributed by atoms with Gasteiger partial charge in [-0.05, 0) is 38.5 Å². The van der Waals surface area contributed by atoms with Gasteiger partial charge in [-0.2, -0.15) is 13.2 Å². The first-order chi connectivity index (χ1) is 9.16. The summed E-state index contributed by atoms with van der Waals surface area (Å²) >= 11 is 1.50. The van der Waals surface area contributed by atoms with Gasteiger partial charge in [0.1, 0.15) is 0 Å². The summed E-state index contributed by atoms with van der Waals surface area (Å²) in [5.41, 5.74) is -2.93. The molecule has 1 nitrogen and oxygen atoms in total. The molecule has 0 spiro atoms. The molecule has 0 aliphatic rings. The predicted octanol–water partition coefficient (Wildman–Crippen LogP) is 4.92. The molecular weight excluding hydrogens is 303 g/mol. The number of nitrogens with one attached hydrogen (secondary N) is 1. The normalized spacial score (nSPS) is 12.7. The first kappa shape index (κ1) is 17.7. The molecule has 0 atom stereocenters. The SMILES string of the molecule is CC(C)(C)NCc1cccc(SCCSC(F)(F)F)c1. The van der Waals surface area contributed by atoms with Crippen LogP contribution >= 0.6 is 23.5 Å². The molecule has 20 heavy (non-hydrogen) atoms. The molecule has 1 N–H and O–H groups in total. The predicted molar refractivity (Wildman–Crippen MR) is 82.3 cm³/mol. The topological polar surface area (TPSA) is 12.0 Å². The highest BCUT2D eigenvalue weighted by atomic mass is 32.2. The highest BCUT2D eigenvalue weighted by Crippen LogP contribution is 2.31. The Labute approximate surface area is 127 Å². The Kier molecular flexibility index (Phi) is 6.75. The van der Waals surface area contributed by atoms with E-state index < -0.39 is 5.51 Å². The maximum atomic E-state index is 12.0. The third-order valence-corrected chi connectivity index (χ3v) is 4.33. The highest BCUT2D eigenvalue weighted by molar-refractivity contribution is 8.03. The van der Waals surface area contributed by atoms with Gasteiger partial charge in [0.15, 0.2) is 0 Å². The number of hydrogen-bond donors (Lipinski definition) is 1. The first-order valence-electron chi connectivity index (χ1n) is 6.33. The maximum Gasteiger partial charge on any atom is 0.441 e. The fourth-order valence-corrected chi connectivity index (χ4v) is 2.97. The molecule has 0 radical (unpaired) electrons. The molecule has 0 aliphatic carbocycles. The first-order valence-corrected chi connectivity index (χ1v) is 8.30. The molecule has 0 heterocycles. The van der Waals surface area contributed by atoms with E-state index >= 15 is 0 Å². The van der Waals surface area contributed by atoms with Gasteiger partial charge in [-0.15, -0.1) is 11.8 Å². The van der Waals surface area contributed by atoms with Crippen molar-refractivity contribution in [2.75, 3.05) is 11.5 Å². The van der Waals surface area contributed by atoms with Crippen molar-refractivity contribution in [3.63, 3.8) is 0 Å². The van der Waals surface area contributed by atoms with Crippen LogP contribution in [0.5, 0.6) is 0 Å². The third kappa shape index (κ3) is 8.76. The van der Waals surface area contributed by atoms with Crippen LogP contribution in [-0.4, -0.2) is 22.6 Å². The Hall–Kier alpha value is -0.330. The minimum absolute atomic E-state index is 0.0375. The average Bonchev–Trinajstić information content (AvgIpc) is 2.31. The molecule has 0 saturated carbocycles. The van der Waals surface area contributed by atoms with E-state index in [1.165, 1.54) is 11.8 Å². The summed E-state index contributed by atoms with van der Waals surface area (Å²) in [6.07, 6.45) is 0. The monoisotopic (exact) mass is 323 g/mol. The molecular formula is C14H20F3NS2. The van der Waals surface area contributed by atoms with E-state index in [0.29, 0.717) is 5.75 Å². The second-order valence-corrected chi connectivity index (χ2v) is 7.72. The quantitative estimate of drug-likeness (QED) is 0.589. The summed E-state index contributed by atoms with van der Waals surface area (Å²) < 4.78 is 36.0. The van der Waals surface area contributed by atoms with Crippen LogP contribution in [0, 0.1) is 0 Å². The lowest BCUT2D eigenvalue weighted by Crippen LogP contribution is -2.35. The Morgan fingerprint density at radius 2 is 1.80 bits per heavy atom. The van der Waals surface area contributed by atoms with Crippen molar-refractivity contribution in [1.82, 2.24) is 5.32 Å². The third-order valence-electron chi connectivity index (χ3n) is 2.34. The number of rotatable bonds is 6. The highest BCUT2D eigenvalue weighted by Gasteiger charge is 2.27. The van der Waals surface area contributed by atoms with Crippen molar-refractivity contribution in [3.8, 4) is 0 Å².